The van der Waals surface area contributed by atoms with Crippen molar-refractivity contribution in [3.05, 3.63) is 35.4 Å². The van der Waals surface area contributed by atoms with Gasteiger partial charge in [-0.05, 0) is 36.8 Å². The van der Waals surface area contributed by atoms with E-state index in [1.54, 1.807) is 0 Å². The van der Waals surface area contributed by atoms with Crippen molar-refractivity contribution in [2.24, 2.45) is 0 Å². The number of thioether (sulfide) groups is 1. The molecule has 0 spiro atoms. The molecule has 0 aliphatic heterocycles. The highest BCUT2D eigenvalue weighted by molar-refractivity contribution is 8.14. The average Bonchev–Trinajstić information content (AvgIpc) is 2.41. The third-order valence-electron chi connectivity index (χ3n) is 3.12. The zero-order valence-electron chi connectivity index (χ0n) is 12.1. The van der Waals surface area contributed by atoms with Crippen LogP contribution in [0, 0.1) is 0 Å². The minimum absolute atomic E-state index is 0.146. The van der Waals surface area contributed by atoms with Crippen LogP contribution in [0.5, 0.6) is 0 Å². The Hall–Kier alpha value is -1.29. The summed E-state index contributed by atoms with van der Waals surface area (Å²) in [5.41, 5.74) is 2.45. The summed E-state index contributed by atoms with van der Waals surface area (Å²) in [6, 6.07) is 8.34. The molecule has 0 saturated heterocycles. The third kappa shape index (κ3) is 6.24. The van der Waals surface area contributed by atoms with Gasteiger partial charge in [-0.2, -0.15) is 0 Å². The molecule has 0 bridgehead atoms. The number of carboxylic acids is 1. The molecule has 1 N–H and O–H groups in total. The van der Waals surface area contributed by atoms with Crippen LogP contribution in [0.25, 0.3) is 0 Å². The number of carboxylic acid groups (broad SMARTS) is 1. The van der Waals surface area contributed by atoms with Crippen molar-refractivity contribution in [2.75, 3.05) is 0 Å². The Labute approximate surface area is 124 Å². The Kier molecular flexibility index (Phi) is 7.37. The van der Waals surface area contributed by atoms with Crippen molar-refractivity contribution in [1.29, 1.82) is 0 Å². The summed E-state index contributed by atoms with van der Waals surface area (Å²) in [7, 11) is 0. The Bertz CT molecular complexity index is 440. The molecular weight excluding hydrogens is 272 g/mol. The average molecular weight is 294 g/mol. The van der Waals surface area contributed by atoms with E-state index in [0.29, 0.717) is 12.8 Å². The molecule has 0 saturated carbocycles. The van der Waals surface area contributed by atoms with Crippen LogP contribution in [0.3, 0.4) is 0 Å². The van der Waals surface area contributed by atoms with E-state index in [1.165, 1.54) is 25.3 Å². The number of rotatable bonds is 8. The van der Waals surface area contributed by atoms with Crippen molar-refractivity contribution in [3.8, 4) is 0 Å². The summed E-state index contributed by atoms with van der Waals surface area (Å²) in [6.07, 6.45) is 4.63. The topological polar surface area (TPSA) is 54.4 Å². The molecular formula is C16H22O3S. The normalized spacial score (nSPS) is 12.1. The van der Waals surface area contributed by atoms with Crippen molar-refractivity contribution in [3.63, 3.8) is 0 Å². The van der Waals surface area contributed by atoms with E-state index in [-0.39, 0.29) is 5.12 Å². The largest absolute Gasteiger partial charge is 0.480 e. The molecule has 0 aromatic heterocycles. The van der Waals surface area contributed by atoms with Gasteiger partial charge in [0.15, 0.2) is 5.12 Å². The van der Waals surface area contributed by atoms with E-state index in [9.17, 15) is 9.59 Å². The number of hydrogen-bond donors (Lipinski definition) is 1. The van der Waals surface area contributed by atoms with Gasteiger partial charge < -0.3 is 5.11 Å². The molecule has 0 heterocycles. The van der Waals surface area contributed by atoms with Gasteiger partial charge in [0.1, 0.15) is 5.25 Å². The van der Waals surface area contributed by atoms with Crippen molar-refractivity contribution < 1.29 is 14.7 Å². The first-order valence-corrected chi connectivity index (χ1v) is 7.88. The number of carbonyl (C=O) groups excluding carboxylic acids is 1. The lowest BCUT2D eigenvalue weighted by molar-refractivity contribution is -0.136. The van der Waals surface area contributed by atoms with Crippen LogP contribution < -0.4 is 0 Å². The first kappa shape index (κ1) is 16.8. The standard InChI is InChI=1S/C16H22O3S/c1-3-4-5-13-6-8-14(9-7-13)10-11-15(16(18)19)20-12(2)17/h6-9,15H,3-5,10-11H2,1-2H3,(H,18,19). The van der Waals surface area contributed by atoms with Crippen molar-refractivity contribution in [1.82, 2.24) is 0 Å². The van der Waals surface area contributed by atoms with Gasteiger partial charge in [0.2, 0.25) is 0 Å². The number of carbonyl (C=O) groups is 2. The van der Waals surface area contributed by atoms with E-state index in [2.05, 4.69) is 31.2 Å². The van der Waals surface area contributed by atoms with Gasteiger partial charge in [-0.15, -0.1) is 0 Å². The first-order chi connectivity index (χ1) is 9.52. The molecule has 0 fully saturated rings. The number of benzene rings is 1. The fraction of sp³-hybridized carbons (Fsp3) is 0.500. The maximum Gasteiger partial charge on any atom is 0.317 e. The Balaban J connectivity index is 2.51. The second-order valence-corrected chi connectivity index (χ2v) is 6.27. The fourth-order valence-corrected chi connectivity index (χ4v) is 2.72. The van der Waals surface area contributed by atoms with Gasteiger partial charge in [0.05, 0.1) is 0 Å². The molecule has 0 radical (unpaired) electrons. The van der Waals surface area contributed by atoms with E-state index in [4.69, 9.17) is 5.11 Å². The zero-order chi connectivity index (χ0) is 15.0. The minimum Gasteiger partial charge on any atom is -0.480 e. The lowest BCUT2D eigenvalue weighted by Crippen LogP contribution is -2.18. The van der Waals surface area contributed by atoms with Crippen LogP contribution in [0.4, 0.5) is 0 Å². The van der Waals surface area contributed by atoms with E-state index in [0.717, 1.165) is 23.7 Å². The molecule has 20 heavy (non-hydrogen) atoms. The second-order valence-electron chi connectivity index (χ2n) is 4.90. The van der Waals surface area contributed by atoms with Crippen LogP contribution in [0.15, 0.2) is 24.3 Å². The first-order valence-electron chi connectivity index (χ1n) is 7.00. The molecule has 0 aliphatic carbocycles. The van der Waals surface area contributed by atoms with Crippen molar-refractivity contribution in [2.45, 2.75) is 51.2 Å². The molecule has 1 atom stereocenters. The van der Waals surface area contributed by atoms with Crippen LogP contribution in [-0.2, 0) is 22.4 Å². The van der Waals surface area contributed by atoms with E-state index in [1.807, 2.05) is 0 Å². The number of hydrogen-bond acceptors (Lipinski definition) is 3. The number of unbranched alkanes of at least 4 members (excludes halogenated alkanes) is 1. The van der Waals surface area contributed by atoms with Gasteiger partial charge in [-0.25, -0.2) is 0 Å². The Morgan fingerprint density at radius 1 is 1.15 bits per heavy atom. The van der Waals surface area contributed by atoms with Crippen molar-refractivity contribution >= 4 is 22.8 Å². The lowest BCUT2D eigenvalue weighted by Gasteiger charge is -2.10. The summed E-state index contributed by atoms with van der Waals surface area (Å²) in [4.78, 5) is 22.1. The maximum absolute atomic E-state index is 11.1. The van der Waals surface area contributed by atoms with E-state index < -0.39 is 11.2 Å². The molecule has 1 rings (SSSR count). The minimum atomic E-state index is -0.912. The van der Waals surface area contributed by atoms with Crippen LogP contribution in [-0.4, -0.2) is 21.4 Å². The van der Waals surface area contributed by atoms with Gasteiger partial charge in [-0.1, -0.05) is 49.4 Å². The molecule has 1 unspecified atom stereocenters. The van der Waals surface area contributed by atoms with Gasteiger partial charge >= 0.3 is 5.97 Å². The SMILES string of the molecule is CCCCc1ccc(CCC(SC(C)=O)C(=O)O)cc1. The predicted molar refractivity (Wildman–Crippen MR) is 83.1 cm³/mol. The zero-order valence-corrected chi connectivity index (χ0v) is 12.9. The Morgan fingerprint density at radius 2 is 1.70 bits per heavy atom. The summed E-state index contributed by atoms with van der Waals surface area (Å²) < 4.78 is 0. The molecule has 4 heteroatoms. The number of aliphatic carboxylic acids is 1. The predicted octanol–water partition coefficient (Wildman–Crippen LogP) is 3.69. The fourth-order valence-electron chi connectivity index (χ4n) is 1.98. The van der Waals surface area contributed by atoms with Crippen LogP contribution in [0.2, 0.25) is 0 Å². The highest BCUT2D eigenvalue weighted by Crippen LogP contribution is 2.19. The Morgan fingerprint density at radius 3 is 2.15 bits per heavy atom. The molecule has 3 nitrogen and oxygen atoms in total. The molecule has 1 aromatic rings. The smallest absolute Gasteiger partial charge is 0.317 e. The molecule has 0 aliphatic rings. The van der Waals surface area contributed by atoms with Crippen LogP contribution in [0.1, 0.15) is 44.2 Å². The molecule has 0 amide bonds. The molecule has 110 valence electrons. The monoisotopic (exact) mass is 294 g/mol. The van der Waals surface area contributed by atoms with Gasteiger partial charge in [0, 0.05) is 6.92 Å². The lowest BCUT2D eigenvalue weighted by atomic mass is 10.0. The van der Waals surface area contributed by atoms with E-state index >= 15 is 0 Å². The van der Waals surface area contributed by atoms with Gasteiger partial charge in [0.25, 0.3) is 0 Å². The molecule has 1 aromatic carbocycles. The summed E-state index contributed by atoms with van der Waals surface area (Å²) in [5, 5.41) is 8.28. The maximum atomic E-state index is 11.1. The summed E-state index contributed by atoms with van der Waals surface area (Å²) in [6.45, 7) is 3.58. The second kappa shape index (κ2) is 8.80. The highest BCUT2D eigenvalue weighted by atomic mass is 32.2. The highest BCUT2D eigenvalue weighted by Gasteiger charge is 2.19. The number of aryl methyl sites for hydroxylation is 2. The quantitative estimate of drug-likeness (QED) is 0.794. The van der Waals surface area contributed by atoms with Crippen LogP contribution >= 0.6 is 11.8 Å². The summed E-state index contributed by atoms with van der Waals surface area (Å²) in [5.74, 6) is -0.912. The van der Waals surface area contributed by atoms with Gasteiger partial charge in [-0.3, -0.25) is 9.59 Å². The summed E-state index contributed by atoms with van der Waals surface area (Å²) >= 11 is 0.903. The third-order valence-corrected chi connectivity index (χ3v) is 4.17.